The Bertz CT molecular complexity index is 1000. The number of halogens is 3. The molecule has 6 nitrogen and oxygen atoms in total. The lowest BCUT2D eigenvalue weighted by molar-refractivity contribution is -0.115. The molecule has 1 saturated heterocycles. The summed E-state index contributed by atoms with van der Waals surface area (Å²) in [5, 5.41) is 8.77. The monoisotopic (exact) mass is 483 g/mol. The van der Waals surface area contributed by atoms with Crippen molar-refractivity contribution in [2.45, 2.75) is 41.8 Å². The van der Waals surface area contributed by atoms with Crippen LogP contribution in [0, 0.1) is 0 Å². The standard InChI is InChI=1S/C21H20F3N3O3S2/c22-21(23,24)32-15-5-3-14(4-6-15)19(29)27-9-7-20(8-10-27)12-17(26-30-20)18(28)25-13-16-2-1-11-31-16/h1-6,11H,7-10,12-13H2,(H,25,28). The van der Waals surface area contributed by atoms with Gasteiger partial charge in [-0.3, -0.25) is 9.59 Å². The number of hydrogen-bond donors (Lipinski definition) is 1. The molecule has 1 aromatic heterocycles. The minimum atomic E-state index is -4.37. The molecule has 0 unspecified atom stereocenters. The van der Waals surface area contributed by atoms with Crippen molar-refractivity contribution in [1.29, 1.82) is 0 Å². The molecule has 2 aliphatic rings. The van der Waals surface area contributed by atoms with Crippen LogP contribution >= 0.6 is 23.1 Å². The van der Waals surface area contributed by atoms with E-state index in [1.54, 1.807) is 16.2 Å². The Kier molecular flexibility index (Phi) is 6.47. The van der Waals surface area contributed by atoms with Gasteiger partial charge in [-0.1, -0.05) is 11.2 Å². The van der Waals surface area contributed by atoms with E-state index in [0.717, 1.165) is 4.88 Å². The second kappa shape index (κ2) is 9.14. The third-order valence-corrected chi connectivity index (χ3v) is 7.02. The zero-order chi connectivity index (χ0) is 22.8. The van der Waals surface area contributed by atoms with E-state index in [9.17, 15) is 22.8 Å². The van der Waals surface area contributed by atoms with Gasteiger partial charge in [0.2, 0.25) is 0 Å². The third-order valence-electron chi connectivity index (χ3n) is 5.40. The summed E-state index contributed by atoms with van der Waals surface area (Å²) in [6, 6.07) is 9.27. The number of nitrogens with one attached hydrogen (secondary N) is 1. The Hall–Kier alpha value is -2.53. The van der Waals surface area contributed by atoms with E-state index in [1.807, 2.05) is 17.5 Å². The van der Waals surface area contributed by atoms with Crippen LogP contribution in [0.4, 0.5) is 13.2 Å². The van der Waals surface area contributed by atoms with Crippen molar-refractivity contribution in [3.8, 4) is 0 Å². The molecule has 4 rings (SSSR count). The van der Waals surface area contributed by atoms with Gasteiger partial charge in [0.15, 0.2) is 0 Å². The predicted octanol–water partition coefficient (Wildman–Crippen LogP) is 4.43. The molecule has 2 amide bonds. The summed E-state index contributed by atoms with van der Waals surface area (Å²) in [4.78, 5) is 33.5. The number of nitrogens with zero attached hydrogens (tertiary/aromatic N) is 2. The van der Waals surface area contributed by atoms with Gasteiger partial charge in [0.25, 0.3) is 11.8 Å². The topological polar surface area (TPSA) is 71.0 Å². The second-order valence-corrected chi connectivity index (χ2v) is 9.79. The van der Waals surface area contributed by atoms with Crippen LogP contribution in [0.1, 0.15) is 34.5 Å². The largest absolute Gasteiger partial charge is 0.446 e. The highest BCUT2D eigenvalue weighted by atomic mass is 32.2. The van der Waals surface area contributed by atoms with E-state index in [1.165, 1.54) is 24.3 Å². The van der Waals surface area contributed by atoms with Crippen molar-refractivity contribution in [3.05, 3.63) is 52.2 Å². The van der Waals surface area contributed by atoms with Gasteiger partial charge in [-0.2, -0.15) is 13.2 Å². The first kappa shape index (κ1) is 22.7. The fraction of sp³-hybridized carbons (Fsp3) is 0.381. The summed E-state index contributed by atoms with van der Waals surface area (Å²) >= 11 is 1.35. The summed E-state index contributed by atoms with van der Waals surface area (Å²) in [5.41, 5.74) is -4.28. The van der Waals surface area contributed by atoms with Gasteiger partial charge in [0.1, 0.15) is 11.3 Å². The fourth-order valence-electron chi connectivity index (χ4n) is 3.69. The number of carbonyl (C=O) groups is 2. The Morgan fingerprint density at radius 2 is 1.91 bits per heavy atom. The number of amides is 2. The molecular formula is C21H20F3N3O3S2. The Morgan fingerprint density at radius 1 is 1.19 bits per heavy atom. The highest BCUT2D eigenvalue weighted by Crippen LogP contribution is 2.37. The molecular weight excluding hydrogens is 463 g/mol. The summed E-state index contributed by atoms with van der Waals surface area (Å²) < 4.78 is 37.4. The maximum Gasteiger partial charge on any atom is 0.446 e. The maximum absolute atomic E-state index is 12.7. The van der Waals surface area contributed by atoms with E-state index < -0.39 is 11.1 Å². The quantitative estimate of drug-likeness (QED) is 0.639. The van der Waals surface area contributed by atoms with Gasteiger partial charge >= 0.3 is 5.51 Å². The number of piperidine rings is 1. The Morgan fingerprint density at radius 3 is 2.53 bits per heavy atom. The van der Waals surface area contributed by atoms with Crippen molar-refractivity contribution in [2.75, 3.05) is 13.1 Å². The highest BCUT2D eigenvalue weighted by molar-refractivity contribution is 8.00. The van der Waals surface area contributed by atoms with E-state index in [0.29, 0.717) is 50.2 Å². The molecule has 1 spiro atoms. The minimum Gasteiger partial charge on any atom is -0.388 e. The van der Waals surface area contributed by atoms with Crippen molar-refractivity contribution in [1.82, 2.24) is 10.2 Å². The number of thiophene rings is 1. The number of carbonyl (C=O) groups excluding carboxylic acids is 2. The average molecular weight is 484 g/mol. The molecule has 3 heterocycles. The smallest absolute Gasteiger partial charge is 0.388 e. The first-order chi connectivity index (χ1) is 15.2. The molecule has 2 aliphatic heterocycles. The van der Waals surface area contributed by atoms with Crippen molar-refractivity contribution >= 4 is 40.6 Å². The van der Waals surface area contributed by atoms with E-state index in [-0.39, 0.29) is 28.5 Å². The second-order valence-electron chi connectivity index (χ2n) is 7.62. The normalized spacial score (nSPS) is 17.7. The van der Waals surface area contributed by atoms with Crippen LogP contribution in [-0.2, 0) is 16.2 Å². The van der Waals surface area contributed by atoms with Gasteiger partial charge < -0.3 is 15.1 Å². The zero-order valence-corrected chi connectivity index (χ0v) is 18.5. The van der Waals surface area contributed by atoms with E-state index in [2.05, 4.69) is 10.5 Å². The first-order valence-corrected chi connectivity index (χ1v) is 11.6. The number of oxime groups is 1. The third kappa shape index (κ3) is 5.44. The maximum atomic E-state index is 12.7. The molecule has 0 aliphatic carbocycles. The lowest BCUT2D eigenvalue weighted by Crippen LogP contribution is -2.47. The van der Waals surface area contributed by atoms with Gasteiger partial charge in [-0.05, 0) is 47.5 Å². The van der Waals surface area contributed by atoms with Crippen LogP contribution in [0.5, 0.6) is 0 Å². The van der Waals surface area contributed by atoms with Gasteiger partial charge in [0.05, 0.1) is 6.54 Å². The fourth-order valence-corrected chi connectivity index (χ4v) is 4.88. The predicted molar refractivity (Wildman–Crippen MR) is 116 cm³/mol. The zero-order valence-electron chi connectivity index (χ0n) is 16.9. The number of thioether (sulfide) groups is 1. The van der Waals surface area contributed by atoms with Crippen LogP contribution in [0.3, 0.4) is 0 Å². The number of benzene rings is 1. The van der Waals surface area contributed by atoms with Crippen LogP contribution in [-0.4, -0.2) is 46.6 Å². The molecule has 32 heavy (non-hydrogen) atoms. The SMILES string of the molecule is O=C(NCc1cccs1)C1=NOC2(CCN(C(=O)c3ccc(SC(F)(F)F)cc3)CC2)C1. The minimum absolute atomic E-state index is 0.0352. The lowest BCUT2D eigenvalue weighted by Gasteiger charge is -2.37. The van der Waals surface area contributed by atoms with Gasteiger partial charge in [0, 0.05) is 47.7 Å². The first-order valence-electron chi connectivity index (χ1n) is 9.94. The van der Waals surface area contributed by atoms with E-state index >= 15 is 0 Å². The molecule has 0 radical (unpaired) electrons. The van der Waals surface area contributed by atoms with Crippen LogP contribution in [0.2, 0.25) is 0 Å². The summed E-state index contributed by atoms with van der Waals surface area (Å²) in [5.74, 6) is -0.498. The number of alkyl halides is 3. The molecule has 11 heteroatoms. The summed E-state index contributed by atoms with van der Waals surface area (Å²) in [7, 11) is 0. The Balaban J connectivity index is 1.27. The van der Waals surface area contributed by atoms with Crippen LogP contribution < -0.4 is 5.32 Å². The summed E-state index contributed by atoms with van der Waals surface area (Å²) in [6.45, 7) is 1.26. The summed E-state index contributed by atoms with van der Waals surface area (Å²) in [6.07, 6.45) is 1.42. The number of hydrogen-bond acceptors (Lipinski definition) is 6. The molecule has 1 aromatic carbocycles. The van der Waals surface area contributed by atoms with Crippen molar-refractivity contribution in [2.24, 2.45) is 5.16 Å². The molecule has 1 fully saturated rings. The number of likely N-dealkylation sites (tertiary alicyclic amines) is 1. The molecule has 0 atom stereocenters. The molecule has 1 N–H and O–H groups in total. The Labute approximate surface area is 190 Å². The van der Waals surface area contributed by atoms with Crippen molar-refractivity contribution < 1.29 is 27.6 Å². The molecule has 0 bridgehead atoms. The lowest BCUT2D eigenvalue weighted by atomic mass is 9.86. The van der Waals surface area contributed by atoms with Crippen molar-refractivity contribution in [3.63, 3.8) is 0 Å². The average Bonchev–Trinajstić information content (AvgIpc) is 3.42. The number of rotatable bonds is 5. The van der Waals surface area contributed by atoms with E-state index in [4.69, 9.17) is 4.84 Å². The molecule has 170 valence electrons. The van der Waals surface area contributed by atoms with Gasteiger partial charge in [-0.25, -0.2) is 0 Å². The van der Waals surface area contributed by atoms with Gasteiger partial charge in [-0.15, -0.1) is 11.3 Å². The highest BCUT2D eigenvalue weighted by Gasteiger charge is 2.44. The van der Waals surface area contributed by atoms with Crippen LogP contribution in [0.25, 0.3) is 0 Å². The van der Waals surface area contributed by atoms with Crippen LogP contribution in [0.15, 0.2) is 51.8 Å². The molecule has 0 saturated carbocycles. The molecule has 2 aromatic rings.